The van der Waals surface area contributed by atoms with Gasteiger partial charge in [0.1, 0.15) is 10.0 Å². The van der Waals surface area contributed by atoms with Gasteiger partial charge in [0, 0.05) is 18.8 Å². The summed E-state index contributed by atoms with van der Waals surface area (Å²) in [6.45, 7) is 2.30. The third-order valence-electron chi connectivity index (χ3n) is 3.42. The van der Waals surface area contributed by atoms with Crippen molar-refractivity contribution in [2.75, 3.05) is 6.54 Å². The first-order valence-corrected chi connectivity index (χ1v) is 8.49. The normalized spacial score (nSPS) is 17.3. The van der Waals surface area contributed by atoms with Crippen molar-refractivity contribution >= 4 is 33.2 Å². The molecule has 7 heteroatoms. The summed E-state index contributed by atoms with van der Waals surface area (Å²) in [6, 6.07) is 1.45. The van der Waals surface area contributed by atoms with Crippen LogP contribution in [0.5, 0.6) is 0 Å². The topological polar surface area (TPSA) is 50.3 Å². The number of nitrogens with zero attached hydrogens (tertiary/aromatic N) is 2. The van der Waals surface area contributed by atoms with E-state index in [0.717, 1.165) is 25.7 Å². The molecular weight excluding hydrogens is 307 g/mol. The van der Waals surface area contributed by atoms with Crippen LogP contribution in [0.25, 0.3) is 0 Å². The number of pyridine rings is 1. The average Bonchev–Trinajstić information content (AvgIpc) is 2.86. The van der Waals surface area contributed by atoms with Crippen molar-refractivity contribution in [1.82, 2.24) is 9.29 Å². The van der Waals surface area contributed by atoms with Crippen LogP contribution in [0.3, 0.4) is 0 Å². The molecule has 0 aromatic carbocycles. The van der Waals surface area contributed by atoms with Gasteiger partial charge in [-0.2, -0.15) is 4.31 Å². The van der Waals surface area contributed by atoms with Crippen molar-refractivity contribution in [3.63, 3.8) is 0 Å². The predicted octanol–water partition coefficient (Wildman–Crippen LogP) is 3.34. The monoisotopic (exact) mass is 322 g/mol. The molecule has 0 N–H and O–H groups in total. The minimum absolute atomic E-state index is 0.0875. The number of hydrogen-bond acceptors (Lipinski definition) is 3. The van der Waals surface area contributed by atoms with Gasteiger partial charge >= 0.3 is 0 Å². The van der Waals surface area contributed by atoms with Gasteiger partial charge in [0.2, 0.25) is 10.0 Å². The summed E-state index contributed by atoms with van der Waals surface area (Å²) in [4.78, 5) is 3.92. The summed E-state index contributed by atoms with van der Waals surface area (Å²) in [5, 5.41) is 0.273. The molecule has 106 valence electrons. The summed E-state index contributed by atoms with van der Waals surface area (Å²) in [5.74, 6) is 0. The van der Waals surface area contributed by atoms with E-state index in [1.165, 1.54) is 12.3 Å². The third-order valence-corrected chi connectivity index (χ3v) is 6.10. The SMILES string of the molecule is CCN(C1CCCC1)S(=O)(=O)c1cnc(Cl)c(Cl)c1. The molecule has 1 aliphatic carbocycles. The second kappa shape index (κ2) is 5.95. The molecule has 0 atom stereocenters. The van der Waals surface area contributed by atoms with Crippen LogP contribution in [0.4, 0.5) is 0 Å². The van der Waals surface area contributed by atoms with Gasteiger partial charge in [-0.25, -0.2) is 13.4 Å². The van der Waals surface area contributed by atoms with Crippen LogP contribution in [-0.2, 0) is 10.0 Å². The Bertz CT molecular complexity index is 557. The van der Waals surface area contributed by atoms with Gasteiger partial charge in [-0.1, -0.05) is 43.0 Å². The zero-order valence-corrected chi connectivity index (χ0v) is 13.0. The Morgan fingerprint density at radius 3 is 2.53 bits per heavy atom. The number of hydrogen-bond donors (Lipinski definition) is 0. The molecule has 0 bridgehead atoms. The van der Waals surface area contributed by atoms with Crippen molar-refractivity contribution in [2.45, 2.75) is 43.5 Å². The first-order chi connectivity index (χ1) is 8.96. The number of sulfonamides is 1. The van der Waals surface area contributed by atoms with Gasteiger partial charge < -0.3 is 0 Å². The largest absolute Gasteiger partial charge is 0.244 e. The molecule has 0 amide bonds. The summed E-state index contributed by atoms with van der Waals surface area (Å²) < 4.78 is 26.7. The molecule has 1 heterocycles. The fourth-order valence-corrected chi connectivity index (χ4v) is 4.50. The minimum Gasteiger partial charge on any atom is -0.242 e. The lowest BCUT2D eigenvalue weighted by Crippen LogP contribution is -2.38. The predicted molar refractivity (Wildman–Crippen MR) is 76.1 cm³/mol. The third kappa shape index (κ3) is 3.05. The zero-order valence-electron chi connectivity index (χ0n) is 10.6. The molecule has 0 radical (unpaired) electrons. The molecule has 2 rings (SSSR count). The van der Waals surface area contributed by atoms with Crippen molar-refractivity contribution in [1.29, 1.82) is 0 Å². The van der Waals surface area contributed by atoms with Crippen molar-refractivity contribution in [3.05, 3.63) is 22.4 Å². The van der Waals surface area contributed by atoms with E-state index < -0.39 is 10.0 Å². The zero-order chi connectivity index (χ0) is 14.0. The van der Waals surface area contributed by atoms with E-state index in [4.69, 9.17) is 23.2 Å². The highest BCUT2D eigenvalue weighted by Crippen LogP contribution is 2.30. The average molecular weight is 323 g/mol. The van der Waals surface area contributed by atoms with Crippen LogP contribution < -0.4 is 0 Å². The Morgan fingerprint density at radius 2 is 2.00 bits per heavy atom. The first-order valence-electron chi connectivity index (χ1n) is 6.29. The maximum absolute atomic E-state index is 12.6. The molecule has 0 saturated heterocycles. The van der Waals surface area contributed by atoms with Crippen molar-refractivity contribution < 1.29 is 8.42 Å². The first kappa shape index (κ1) is 15.0. The van der Waals surface area contributed by atoms with Crippen molar-refractivity contribution in [3.8, 4) is 0 Å². The van der Waals surface area contributed by atoms with Crippen molar-refractivity contribution in [2.24, 2.45) is 0 Å². The standard InChI is InChI=1S/C12H16Cl2N2O2S/c1-2-16(9-5-3-4-6-9)19(17,18)10-7-11(13)12(14)15-8-10/h7-9H,2-6H2,1H3. The van der Waals surface area contributed by atoms with Gasteiger partial charge in [0.05, 0.1) is 5.02 Å². The van der Waals surface area contributed by atoms with Crippen LogP contribution in [-0.4, -0.2) is 30.3 Å². The smallest absolute Gasteiger partial charge is 0.242 e. The fourth-order valence-electron chi connectivity index (χ4n) is 2.50. The van der Waals surface area contributed by atoms with Crippen LogP contribution in [0.2, 0.25) is 10.2 Å². The van der Waals surface area contributed by atoms with Gasteiger partial charge in [-0.3, -0.25) is 0 Å². The molecule has 0 unspecified atom stereocenters. The Labute approximate surface area is 123 Å². The van der Waals surface area contributed by atoms with E-state index in [1.807, 2.05) is 6.92 Å². The van der Waals surface area contributed by atoms with E-state index in [0.29, 0.717) is 6.54 Å². The van der Waals surface area contributed by atoms with Gasteiger partial charge in [0.15, 0.2) is 0 Å². The maximum Gasteiger partial charge on any atom is 0.244 e. The lowest BCUT2D eigenvalue weighted by atomic mass is 10.2. The summed E-state index contributed by atoms with van der Waals surface area (Å²) in [5.41, 5.74) is 0. The summed E-state index contributed by atoms with van der Waals surface area (Å²) in [6.07, 6.45) is 5.26. The lowest BCUT2D eigenvalue weighted by Gasteiger charge is -2.26. The second-order valence-corrected chi connectivity index (χ2v) is 7.25. The Hall–Kier alpha value is -0.360. The van der Waals surface area contributed by atoms with Gasteiger partial charge in [0.25, 0.3) is 0 Å². The fraction of sp³-hybridized carbons (Fsp3) is 0.583. The second-order valence-electron chi connectivity index (χ2n) is 4.59. The van der Waals surface area contributed by atoms with E-state index in [1.54, 1.807) is 4.31 Å². The molecule has 0 spiro atoms. The molecule has 1 fully saturated rings. The molecule has 1 aromatic heterocycles. The van der Waals surface area contributed by atoms with Crippen LogP contribution in [0.1, 0.15) is 32.6 Å². The quantitative estimate of drug-likeness (QED) is 0.799. The van der Waals surface area contributed by atoms with E-state index in [2.05, 4.69) is 4.98 Å². The van der Waals surface area contributed by atoms with Crippen LogP contribution in [0.15, 0.2) is 17.2 Å². The highest BCUT2D eigenvalue weighted by molar-refractivity contribution is 7.89. The summed E-state index contributed by atoms with van der Waals surface area (Å²) >= 11 is 11.6. The number of halogens is 2. The number of aromatic nitrogens is 1. The Morgan fingerprint density at radius 1 is 1.37 bits per heavy atom. The molecule has 1 aliphatic rings. The minimum atomic E-state index is -3.55. The van der Waals surface area contributed by atoms with Crippen LogP contribution >= 0.6 is 23.2 Å². The molecule has 4 nitrogen and oxygen atoms in total. The van der Waals surface area contributed by atoms with E-state index in [-0.39, 0.29) is 21.1 Å². The Kier molecular flexibility index (Phi) is 4.71. The molecular formula is C12H16Cl2N2O2S. The Balaban J connectivity index is 2.36. The molecule has 1 aromatic rings. The van der Waals surface area contributed by atoms with E-state index >= 15 is 0 Å². The van der Waals surface area contributed by atoms with Gasteiger partial charge in [-0.15, -0.1) is 0 Å². The highest BCUT2D eigenvalue weighted by atomic mass is 35.5. The molecule has 19 heavy (non-hydrogen) atoms. The van der Waals surface area contributed by atoms with Crippen LogP contribution in [0, 0.1) is 0 Å². The molecule has 0 aliphatic heterocycles. The summed E-state index contributed by atoms with van der Waals surface area (Å²) in [7, 11) is -3.55. The lowest BCUT2D eigenvalue weighted by molar-refractivity contribution is 0.335. The maximum atomic E-state index is 12.6. The number of rotatable bonds is 4. The van der Waals surface area contributed by atoms with E-state index in [9.17, 15) is 8.42 Å². The molecule has 1 saturated carbocycles. The van der Waals surface area contributed by atoms with Gasteiger partial charge in [-0.05, 0) is 18.9 Å². The highest BCUT2D eigenvalue weighted by Gasteiger charge is 2.32.